The van der Waals surface area contributed by atoms with E-state index in [1.54, 1.807) is 42.5 Å². The number of aromatic hydroxyl groups is 1. The number of hydrogen-bond donors (Lipinski definition) is 3. The summed E-state index contributed by atoms with van der Waals surface area (Å²) in [7, 11) is 1.52. The van der Waals surface area contributed by atoms with Crippen LogP contribution in [0.15, 0.2) is 63.2 Å². The van der Waals surface area contributed by atoms with Crippen molar-refractivity contribution in [3.63, 3.8) is 0 Å². The standard InChI is InChI=1S/C18H15ClN4O4/c1-27-15-8-3-2-7-14(15)22-20-10-13-16(24)21-18(26)23(17(13)25)12-6-4-5-11(19)9-12/h2-10,22,25H,1H3,(H,21,24,26). The summed E-state index contributed by atoms with van der Waals surface area (Å²) in [6.45, 7) is 0. The smallest absolute Gasteiger partial charge is 0.335 e. The molecule has 0 fully saturated rings. The van der Waals surface area contributed by atoms with Crippen LogP contribution in [0.2, 0.25) is 5.02 Å². The van der Waals surface area contributed by atoms with E-state index in [0.29, 0.717) is 22.1 Å². The minimum Gasteiger partial charge on any atom is -0.495 e. The molecule has 138 valence electrons. The molecule has 3 aromatic rings. The van der Waals surface area contributed by atoms with Gasteiger partial charge in [-0.2, -0.15) is 5.10 Å². The van der Waals surface area contributed by atoms with Gasteiger partial charge in [0, 0.05) is 5.02 Å². The predicted molar refractivity (Wildman–Crippen MR) is 104 cm³/mol. The Hall–Kier alpha value is -3.52. The maximum Gasteiger partial charge on any atom is 0.335 e. The summed E-state index contributed by atoms with van der Waals surface area (Å²) in [4.78, 5) is 26.4. The molecule has 0 spiro atoms. The molecule has 0 aliphatic rings. The Morgan fingerprint density at radius 1 is 1.22 bits per heavy atom. The van der Waals surface area contributed by atoms with Gasteiger partial charge in [-0.25, -0.2) is 9.36 Å². The second-order valence-corrected chi connectivity index (χ2v) is 5.82. The fourth-order valence-corrected chi connectivity index (χ4v) is 2.60. The van der Waals surface area contributed by atoms with Crippen molar-refractivity contribution in [2.24, 2.45) is 5.10 Å². The van der Waals surface area contributed by atoms with Crippen LogP contribution in [0.1, 0.15) is 5.56 Å². The summed E-state index contributed by atoms with van der Waals surface area (Å²) in [5, 5.41) is 14.8. The van der Waals surface area contributed by atoms with Crippen LogP contribution < -0.4 is 21.4 Å². The number of aromatic amines is 1. The van der Waals surface area contributed by atoms with Gasteiger partial charge in [-0.05, 0) is 30.3 Å². The predicted octanol–water partition coefficient (Wildman–Crippen LogP) is 2.34. The number of hydrazone groups is 1. The first-order valence-corrected chi connectivity index (χ1v) is 8.15. The molecular weight excluding hydrogens is 372 g/mol. The van der Waals surface area contributed by atoms with E-state index < -0.39 is 17.1 Å². The van der Waals surface area contributed by atoms with Gasteiger partial charge in [0.1, 0.15) is 11.3 Å². The van der Waals surface area contributed by atoms with Gasteiger partial charge in [0.05, 0.1) is 24.7 Å². The summed E-state index contributed by atoms with van der Waals surface area (Å²) in [5.74, 6) is -0.00623. The van der Waals surface area contributed by atoms with E-state index in [4.69, 9.17) is 16.3 Å². The van der Waals surface area contributed by atoms with Gasteiger partial charge in [-0.3, -0.25) is 15.2 Å². The van der Waals surface area contributed by atoms with Crippen molar-refractivity contribution >= 4 is 23.5 Å². The lowest BCUT2D eigenvalue weighted by Gasteiger charge is -2.10. The Kier molecular flexibility index (Phi) is 5.28. The van der Waals surface area contributed by atoms with Crippen molar-refractivity contribution in [1.29, 1.82) is 0 Å². The number of para-hydroxylation sites is 2. The monoisotopic (exact) mass is 386 g/mol. The molecule has 0 atom stereocenters. The van der Waals surface area contributed by atoms with E-state index in [1.165, 1.54) is 13.2 Å². The molecule has 9 heteroatoms. The van der Waals surface area contributed by atoms with Crippen LogP contribution in [-0.2, 0) is 0 Å². The lowest BCUT2D eigenvalue weighted by molar-refractivity contribution is 0.416. The van der Waals surface area contributed by atoms with Crippen molar-refractivity contribution in [3.05, 3.63) is 80.0 Å². The summed E-state index contributed by atoms with van der Waals surface area (Å²) < 4.78 is 6.12. The number of nitrogens with zero attached hydrogens (tertiary/aromatic N) is 2. The Morgan fingerprint density at radius 2 is 2.00 bits per heavy atom. The molecule has 3 rings (SSSR count). The molecule has 1 heterocycles. The second-order valence-electron chi connectivity index (χ2n) is 5.38. The molecule has 0 saturated heterocycles. The SMILES string of the molecule is COc1ccccc1NN=Cc1c(O)n(-c2cccc(Cl)c2)c(=O)[nH]c1=O. The quantitative estimate of drug-likeness (QED) is 0.460. The van der Waals surface area contributed by atoms with E-state index in [2.05, 4.69) is 15.5 Å². The highest BCUT2D eigenvalue weighted by atomic mass is 35.5. The number of methoxy groups -OCH3 is 1. The minimum absolute atomic E-state index is 0.197. The highest BCUT2D eigenvalue weighted by molar-refractivity contribution is 6.30. The van der Waals surface area contributed by atoms with Crippen LogP contribution in [0.25, 0.3) is 5.69 Å². The third-order valence-electron chi connectivity index (χ3n) is 3.67. The van der Waals surface area contributed by atoms with Crippen LogP contribution in [0.3, 0.4) is 0 Å². The molecular formula is C18H15ClN4O4. The van der Waals surface area contributed by atoms with E-state index in [9.17, 15) is 14.7 Å². The lowest BCUT2D eigenvalue weighted by Crippen LogP contribution is -2.31. The van der Waals surface area contributed by atoms with Gasteiger partial charge in [-0.1, -0.05) is 29.8 Å². The molecule has 0 amide bonds. The number of ether oxygens (including phenoxy) is 1. The molecule has 3 N–H and O–H groups in total. The van der Waals surface area contributed by atoms with Crippen molar-refractivity contribution < 1.29 is 9.84 Å². The molecule has 0 unspecified atom stereocenters. The Labute approximate surface area is 158 Å². The van der Waals surface area contributed by atoms with Gasteiger partial charge < -0.3 is 9.84 Å². The molecule has 2 aromatic carbocycles. The molecule has 0 bridgehead atoms. The van der Waals surface area contributed by atoms with Crippen molar-refractivity contribution in [2.45, 2.75) is 0 Å². The average molecular weight is 387 g/mol. The zero-order valence-corrected chi connectivity index (χ0v) is 14.9. The van der Waals surface area contributed by atoms with Crippen molar-refractivity contribution in [3.8, 4) is 17.3 Å². The molecule has 0 saturated carbocycles. The lowest BCUT2D eigenvalue weighted by atomic mass is 10.3. The molecule has 27 heavy (non-hydrogen) atoms. The number of aromatic nitrogens is 2. The van der Waals surface area contributed by atoms with E-state index in [0.717, 1.165) is 10.8 Å². The number of hydrogen-bond acceptors (Lipinski definition) is 6. The zero-order chi connectivity index (χ0) is 19.4. The Balaban J connectivity index is 2.00. The maximum absolute atomic E-state index is 12.1. The van der Waals surface area contributed by atoms with Gasteiger partial charge in [0.25, 0.3) is 5.56 Å². The first kappa shape index (κ1) is 18.3. The average Bonchev–Trinajstić information content (AvgIpc) is 2.64. The third-order valence-corrected chi connectivity index (χ3v) is 3.91. The number of rotatable bonds is 5. The molecule has 0 aliphatic carbocycles. The van der Waals surface area contributed by atoms with E-state index in [1.807, 2.05) is 0 Å². The van der Waals surface area contributed by atoms with Crippen LogP contribution in [0, 0.1) is 0 Å². The first-order chi connectivity index (χ1) is 13.0. The Bertz CT molecular complexity index is 1120. The van der Waals surface area contributed by atoms with Crippen molar-refractivity contribution in [2.75, 3.05) is 12.5 Å². The largest absolute Gasteiger partial charge is 0.495 e. The molecule has 0 aliphatic heterocycles. The second kappa shape index (κ2) is 7.79. The minimum atomic E-state index is -0.797. The first-order valence-electron chi connectivity index (χ1n) is 7.77. The number of nitrogens with one attached hydrogen (secondary N) is 2. The van der Waals surface area contributed by atoms with Gasteiger partial charge in [-0.15, -0.1) is 0 Å². The van der Waals surface area contributed by atoms with Gasteiger partial charge >= 0.3 is 5.69 Å². The molecule has 8 nitrogen and oxygen atoms in total. The van der Waals surface area contributed by atoms with Gasteiger partial charge in [0.2, 0.25) is 5.88 Å². The maximum atomic E-state index is 12.1. The fourth-order valence-electron chi connectivity index (χ4n) is 2.41. The summed E-state index contributed by atoms with van der Waals surface area (Å²) in [5.41, 5.74) is 1.82. The third kappa shape index (κ3) is 3.85. The van der Waals surface area contributed by atoms with Crippen LogP contribution >= 0.6 is 11.6 Å². The van der Waals surface area contributed by atoms with E-state index >= 15 is 0 Å². The topological polar surface area (TPSA) is 109 Å². The highest BCUT2D eigenvalue weighted by Gasteiger charge is 2.14. The highest BCUT2D eigenvalue weighted by Crippen LogP contribution is 2.23. The van der Waals surface area contributed by atoms with Crippen LogP contribution in [-0.4, -0.2) is 28.0 Å². The number of anilines is 1. The van der Waals surface area contributed by atoms with E-state index in [-0.39, 0.29) is 5.56 Å². The van der Waals surface area contributed by atoms with Crippen LogP contribution in [0.4, 0.5) is 5.69 Å². The summed E-state index contributed by atoms with van der Waals surface area (Å²) in [6.07, 6.45) is 1.11. The fraction of sp³-hybridized carbons (Fsp3) is 0.0556. The normalized spacial score (nSPS) is 10.9. The molecule has 1 aromatic heterocycles. The van der Waals surface area contributed by atoms with Crippen molar-refractivity contribution in [1.82, 2.24) is 9.55 Å². The number of H-pyrrole nitrogens is 1. The zero-order valence-electron chi connectivity index (χ0n) is 14.1. The number of benzene rings is 2. The summed E-state index contributed by atoms with van der Waals surface area (Å²) >= 11 is 5.93. The summed E-state index contributed by atoms with van der Waals surface area (Å²) in [6, 6.07) is 13.3. The van der Waals surface area contributed by atoms with Crippen LogP contribution in [0.5, 0.6) is 11.6 Å². The molecule has 0 radical (unpaired) electrons. The Morgan fingerprint density at radius 3 is 2.74 bits per heavy atom. The number of halogens is 1. The van der Waals surface area contributed by atoms with Gasteiger partial charge in [0.15, 0.2) is 0 Å².